The van der Waals surface area contributed by atoms with Gasteiger partial charge in [-0.3, -0.25) is 4.79 Å². The molecule has 0 saturated carbocycles. The number of carboxylic acid groups (broad SMARTS) is 1. The fourth-order valence-corrected chi connectivity index (χ4v) is 2.72. The van der Waals surface area contributed by atoms with Gasteiger partial charge in [-0.05, 0) is 17.7 Å². The number of carbonyl (C=O) groups is 3. The Kier molecular flexibility index (Phi) is 8.16. The number of carboxylic acids is 1. The zero-order valence-electron chi connectivity index (χ0n) is 17.9. The lowest BCUT2D eigenvalue weighted by Crippen LogP contribution is -2.42. The summed E-state index contributed by atoms with van der Waals surface area (Å²) >= 11 is 0. The number of benzene rings is 2. The molecule has 2 aromatic rings. The van der Waals surface area contributed by atoms with Crippen LogP contribution in [0.1, 0.15) is 25.0 Å². The molecule has 0 atom stereocenters. The number of aliphatic hydroxyl groups is 1. The van der Waals surface area contributed by atoms with Crippen LogP contribution in [0, 0.1) is 34.9 Å². The largest absolute Gasteiger partial charge is 0.511 e. The summed E-state index contributed by atoms with van der Waals surface area (Å²) in [5, 5.41) is 18.1. The molecule has 0 amide bonds. The summed E-state index contributed by atoms with van der Waals surface area (Å²) in [6.45, 7) is 2.62. The van der Waals surface area contributed by atoms with E-state index in [1.807, 2.05) is 0 Å². The van der Waals surface area contributed by atoms with E-state index in [-0.39, 0.29) is 5.56 Å². The van der Waals surface area contributed by atoms with Gasteiger partial charge in [0.2, 0.25) is 0 Å². The van der Waals surface area contributed by atoms with E-state index in [0.29, 0.717) is 24.3 Å². The number of aliphatic hydroxyl groups excluding tert-OH is 1. The van der Waals surface area contributed by atoms with Crippen molar-refractivity contribution in [1.82, 2.24) is 0 Å². The summed E-state index contributed by atoms with van der Waals surface area (Å²) in [7, 11) is 0. The maximum absolute atomic E-state index is 13.5. The first kappa shape index (κ1) is 27.2. The molecule has 0 bridgehead atoms. The summed E-state index contributed by atoms with van der Waals surface area (Å²) in [6.07, 6.45) is -1.37. The molecule has 2 N–H and O–H groups in total. The van der Waals surface area contributed by atoms with Crippen LogP contribution in [0.15, 0.2) is 35.6 Å². The van der Waals surface area contributed by atoms with Crippen molar-refractivity contribution in [3.63, 3.8) is 0 Å². The molecule has 35 heavy (non-hydrogen) atoms. The smallest absolute Gasteiger partial charge is 0.352 e. The molecule has 0 unspecified atom stereocenters. The van der Waals surface area contributed by atoms with Crippen molar-refractivity contribution in [3.8, 4) is 0 Å². The lowest BCUT2D eigenvalue weighted by Gasteiger charge is -2.30. The standard InChI is InChI=1S/C14H11F3O5.C8H5F3O2/c1-14(2)21-12(19)11(13(20)22-14)10(18)4-6-3-8(16)9(17)5-7(6)15;9-5-3-7(11)6(10)1-4(5)2-8(12)13/h3,5,18H,4H2,1-2H3;1,3H,2H2,(H,12,13). The van der Waals surface area contributed by atoms with Gasteiger partial charge in [-0.1, -0.05) is 0 Å². The Balaban J connectivity index is 0.000000283. The molecule has 1 heterocycles. The maximum atomic E-state index is 13.5. The van der Waals surface area contributed by atoms with Crippen molar-refractivity contribution in [2.24, 2.45) is 0 Å². The minimum absolute atomic E-state index is 0.295. The van der Waals surface area contributed by atoms with Gasteiger partial charge in [0, 0.05) is 38.0 Å². The van der Waals surface area contributed by atoms with Crippen molar-refractivity contribution in [2.45, 2.75) is 32.5 Å². The molecule has 0 radical (unpaired) electrons. The van der Waals surface area contributed by atoms with Gasteiger partial charge in [0.15, 0.2) is 28.8 Å². The van der Waals surface area contributed by atoms with Gasteiger partial charge in [-0.2, -0.15) is 0 Å². The lowest BCUT2D eigenvalue weighted by atomic mass is 10.1. The van der Waals surface area contributed by atoms with Gasteiger partial charge in [-0.15, -0.1) is 0 Å². The van der Waals surface area contributed by atoms with Gasteiger partial charge in [0.25, 0.3) is 5.79 Å². The Morgan fingerprint density at radius 2 is 1.09 bits per heavy atom. The molecule has 1 aliphatic heterocycles. The third kappa shape index (κ3) is 6.98. The van der Waals surface area contributed by atoms with Crippen LogP contribution in [0.4, 0.5) is 26.3 Å². The van der Waals surface area contributed by atoms with Crippen LogP contribution in [0.3, 0.4) is 0 Å². The van der Waals surface area contributed by atoms with E-state index in [0.717, 1.165) is 0 Å². The van der Waals surface area contributed by atoms with Gasteiger partial charge in [0.05, 0.1) is 6.42 Å². The highest BCUT2D eigenvalue weighted by Crippen LogP contribution is 2.26. The minimum atomic E-state index is -1.49. The zero-order chi connectivity index (χ0) is 26.7. The van der Waals surface area contributed by atoms with Crippen LogP contribution in [0.25, 0.3) is 0 Å². The predicted octanol–water partition coefficient (Wildman–Crippen LogP) is 4.03. The highest BCUT2D eigenvalue weighted by molar-refractivity contribution is 6.15. The van der Waals surface area contributed by atoms with Gasteiger partial charge in [-0.25, -0.2) is 35.9 Å². The number of aliphatic carboxylic acids is 1. The SMILES string of the molecule is CC1(C)OC(=O)C(=C(O)Cc2cc(F)c(F)cc2F)C(=O)O1.O=C(O)Cc1cc(F)c(F)cc1F. The quantitative estimate of drug-likeness (QED) is 0.161. The van der Waals surface area contributed by atoms with E-state index >= 15 is 0 Å². The Labute approximate surface area is 193 Å². The second kappa shape index (κ2) is 10.5. The van der Waals surface area contributed by atoms with E-state index in [1.54, 1.807) is 0 Å². The summed E-state index contributed by atoms with van der Waals surface area (Å²) in [4.78, 5) is 33.5. The number of cyclic esters (lactones) is 2. The normalized spacial score (nSPS) is 14.5. The fraction of sp³-hybridized carbons (Fsp3) is 0.227. The molecule has 188 valence electrons. The van der Waals surface area contributed by atoms with Crippen molar-refractivity contribution in [3.05, 3.63) is 81.6 Å². The second-order valence-electron chi connectivity index (χ2n) is 7.46. The Morgan fingerprint density at radius 1 is 0.714 bits per heavy atom. The van der Waals surface area contributed by atoms with Crippen molar-refractivity contribution in [1.29, 1.82) is 0 Å². The molecule has 0 aromatic heterocycles. The topological polar surface area (TPSA) is 110 Å². The average molecular weight is 506 g/mol. The molecular formula is C22H16F6O7. The molecule has 3 rings (SSSR count). The van der Waals surface area contributed by atoms with Crippen LogP contribution >= 0.6 is 0 Å². The van der Waals surface area contributed by atoms with E-state index in [1.165, 1.54) is 13.8 Å². The number of ether oxygens (including phenoxy) is 2. The van der Waals surface area contributed by atoms with Crippen LogP contribution in [-0.2, 0) is 36.7 Å². The summed E-state index contributed by atoms with van der Waals surface area (Å²) in [6, 6.07) is 1.68. The molecule has 2 aromatic carbocycles. The van der Waals surface area contributed by atoms with E-state index in [2.05, 4.69) is 0 Å². The van der Waals surface area contributed by atoms with Crippen molar-refractivity contribution >= 4 is 17.9 Å². The first-order valence-electron chi connectivity index (χ1n) is 9.48. The lowest BCUT2D eigenvalue weighted by molar-refractivity contribution is -0.222. The minimum Gasteiger partial charge on any atom is -0.511 e. The van der Waals surface area contributed by atoms with Crippen LogP contribution < -0.4 is 0 Å². The summed E-state index contributed by atoms with van der Waals surface area (Å²) in [5.74, 6) is -13.5. The molecule has 13 heteroatoms. The molecule has 1 saturated heterocycles. The first-order valence-corrected chi connectivity index (χ1v) is 9.48. The predicted molar refractivity (Wildman–Crippen MR) is 104 cm³/mol. The number of rotatable bonds is 4. The van der Waals surface area contributed by atoms with Crippen LogP contribution in [0.5, 0.6) is 0 Å². The molecule has 1 aliphatic rings. The maximum Gasteiger partial charge on any atom is 0.352 e. The Morgan fingerprint density at radius 3 is 1.49 bits per heavy atom. The number of esters is 2. The van der Waals surface area contributed by atoms with Crippen LogP contribution in [0.2, 0.25) is 0 Å². The number of hydrogen-bond donors (Lipinski definition) is 2. The van der Waals surface area contributed by atoms with Crippen LogP contribution in [-0.4, -0.2) is 33.9 Å². The van der Waals surface area contributed by atoms with E-state index in [4.69, 9.17) is 14.6 Å². The first-order chi connectivity index (χ1) is 16.1. The van der Waals surface area contributed by atoms with Crippen molar-refractivity contribution < 1.29 is 60.4 Å². The highest BCUT2D eigenvalue weighted by atomic mass is 19.2. The Hall–Kier alpha value is -4.03. The third-order valence-electron chi connectivity index (χ3n) is 4.25. The van der Waals surface area contributed by atoms with Crippen molar-refractivity contribution in [2.75, 3.05) is 0 Å². The summed E-state index contributed by atoms with van der Waals surface area (Å²) < 4.78 is 86.5. The Bertz CT molecular complexity index is 1200. The zero-order valence-corrected chi connectivity index (χ0v) is 17.9. The highest BCUT2D eigenvalue weighted by Gasteiger charge is 2.41. The monoisotopic (exact) mass is 506 g/mol. The second-order valence-corrected chi connectivity index (χ2v) is 7.46. The van der Waals surface area contributed by atoms with Gasteiger partial charge >= 0.3 is 17.9 Å². The van der Waals surface area contributed by atoms with E-state index in [9.17, 15) is 45.8 Å². The number of hydrogen-bond acceptors (Lipinski definition) is 6. The molecule has 0 aliphatic carbocycles. The molecular weight excluding hydrogens is 490 g/mol. The van der Waals surface area contributed by atoms with Gasteiger partial charge in [0.1, 0.15) is 17.4 Å². The number of halogens is 6. The van der Waals surface area contributed by atoms with Gasteiger partial charge < -0.3 is 19.7 Å². The van der Waals surface area contributed by atoms with E-state index < -0.39 is 88.3 Å². The molecule has 0 spiro atoms. The molecule has 1 fully saturated rings. The number of allylic oxidation sites excluding steroid dienone is 1. The summed E-state index contributed by atoms with van der Waals surface area (Å²) in [5.41, 5.74) is -1.62. The molecule has 7 nitrogen and oxygen atoms in total. The number of carbonyl (C=O) groups excluding carboxylic acids is 2. The third-order valence-corrected chi connectivity index (χ3v) is 4.25. The average Bonchev–Trinajstić information content (AvgIpc) is 2.69. The fourth-order valence-electron chi connectivity index (χ4n) is 2.72.